The van der Waals surface area contributed by atoms with Crippen LogP contribution in [-0.2, 0) is 27.5 Å². The number of sulfonamides is 1. The summed E-state index contributed by atoms with van der Waals surface area (Å²) in [6.07, 6.45) is -3.24. The highest BCUT2D eigenvalue weighted by Gasteiger charge is 2.30. The normalized spacial score (nSPS) is 11.9. The summed E-state index contributed by atoms with van der Waals surface area (Å²) in [6.45, 7) is -0.0425. The summed E-state index contributed by atoms with van der Waals surface area (Å²) < 4.78 is 63.5. The van der Waals surface area contributed by atoms with E-state index in [0.29, 0.717) is 11.3 Å². The number of rotatable bonds is 8. The van der Waals surface area contributed by atoms with Gasteiger partial charge in [0.15, 0.2) is 0 Å². The Morgan fingerprint density at radius 2 is 1.80 bits per heavy atom. The van der Waals surface area contributed by atoms with Crippen LogP contribution in [-0.4, -0.2) is 27.1 Å². The van der Waals surface area contributed by atoms with Crippen LogP contribution in [0.3, 0.4) is 0 Å². The molecule has 0 fully saturated rings. The van der Waals surface area contributed by atoms with E-state index in [0.717, 1.165) is 22.7 Å². The molecule has 2 aromatic carbocycles. The predicted octanol–water partition coefficient (Wildman–Crippen LogP) is 4.87. The number of hydrogen-bond donors (Lipinski definition) is 1. The Bertz CT molecular complexity index is 1010. The molecule has 0 radical (unpaired) electrons. The average Bonchev–Trinajstić information content (AvgIpc) is 2.64. The summed E-state index contributed by atoms with van der Waals surface area (Å²) in [5, 5.41) is 3.01. The maximum absolute atomic E-state index is 12.7. The molecule has 0 unspecified atom stereocenters. The van der Waals surface area contributed by atoms with Gasteiger partial charge in [-0.15, -0.1) is 0 Å². The number of nitrogens with one attached hydrogen (secondary N) is 1. The molecule has 164 valence electrons. The van der Waals surface area contributed by atoms with Gasteiger partial charge in [-0.05, 0) is 42.3 Å². The third kappa shape index (κ3) is 7.07. The van der Waals surface area contributed by atoms with Crippen LogP contribution in [0.2, 0.25) is 10.0 Å². The molecule has 5 nitrogen and oxygen atoms in total. The molecule has 2 aromatic rings. The topological polar surface area (TPSA) is 66.5 Å². The van der Waals surface area contributed by atoms with Crippen molar-refractivity contribution >= 4 is 44.8 Å². The van der Waals surface area contributed by atoms with Crippen LogP contribution >= 0.6 is 23.2 Å². The SMILES string of the molecule is CS(=O)(=O)N(CCCC(=O)NCc1cccc(C(F)(F)F)c1)c1ccc(Cl)c(Cl)c1. The quantitative estimate of drug-likeness (QED) is 0.583. The minimum absolute atomic E-state index is 0.00764. The van der Waals surface area contributed by atoms with E-state index in [-0.39, 0.29) is 36.0 Å². The van der Waals surface area contributed by atoms with Gasteiger partial charge in [0.2, 0.25) is 15.9 Å². The van der Waals surface area contributed by atoms with Gasteiger partial charge >= 0.3 is 6.18 Å². The fourth-order valence-corrected chi connectivity index (χ4v) is 3.91. The Morgan fingerprint density at radius 3 is 2.40 bits per heavy atom. The molecular formula is C19H19Cl2F3N2O3S. The number of nitrogens with zero attached hydrogens (tertiary/aromatic N) is 1. The lowest BCUT2D eigenvalue weighted by Crippen LogP contribution is -2.32. The molecule has 2 rings (SSSR count). The number of carbonyl (C=O) groups is 1. The summed E-state index contributed by atoms with van der Waals surface area (Å²) in [5.74, 6) is -0.407. The van der Waals surface area contributed by atoms with Gasteiger partial charge in [0.05, 0.1) is 27.6 Å². The summed E-state index contributed by atoms with van der Waals surface area (Å²) >= 11 is 11.8. The number of hydrogen-bond acceptors (Lipinski definition) is 3. The van der Waals surface area contributed by atoms with Crippen molar-refractivity contribution in [1.82, 2.24) is 5.32 Å². The molecule has 30 heavy (non-hydrogen) atoms. The third-order valence-corrected chi connectivity index (χ3v) is 6.03. The Balaban J connectivity index is 1.92. The van der Waals surface area contributed by atoms with E-state index in [4.69, 9.17) is 23.2 Å². The Morgan fingerprint density at radius 1 is 1.10 bits per heavy atom. The maximum atomic E-state index is 12.7. The van der Waals surface area contributed by atoms with Gasteiger partial charge < -0.3 is 5.32 Å². The standard InChI is InChI=1S/C19H19Cl2F3N2O3S/c1-30(28,29)26(15-7-8-16(20)17(21)11-15)9-3-6-18(27)25-12-13-4-2-5-14(10-13)19(22,23)24/h2,4-5,7-8,10-11H,3,6,9,12H2,1H3,(H,25,27). The summed E-state index contributed by atoms with van der Waals surface area (Å²) in [5.41, 5.74) is -0.164. The van der Waals surface area contributed by atoms with Gasteiger partial charge in [-0.25, -0.2) is 8.42 Å². The van der Waals surface area contributed by atoms with Gasteiger partial charge in [-0.2, -0.15) is 13.2 Å². The minimum atomic E-state index is -4.46. The van der Waals surface area contributed by atoms with Crippen molar-refractivity contribution in [2.45, 2.75) is 25.6 Å². The molecule has 0 aliphatic rings. The molecule has 1 N–H and O–H groups in total. The first-order valence-corrected chi connectivity index (χ1v) is 11.3. The maximum Gasteiger partial charge on any atom is 0.416 e. The van der Waals surface area contributed by atoms with Crippen LogP contribution < -0.4 is 9.62 Å². The van der Waals surface area contributed by atoms with Crippen LogP contribution in [0.15, 0.2) is 42.5 Å². The molecule has 0 spiro atoms. The van der Waals surface area contributed by atoms with Gasteiger partial charge in [0.25, 0.3) is 0 Å². The summed E-state index contributed by atoms with van der Waals surface area (Å²) in [7, 11) is -3.63. The van der Waals surface area contributed by atoms with Gasteiger partial charge in [-0.3, -0.25) is 9.10 Å². The van der Waals surface area contributed by atoms with Crippen molar-refractivity contribution in [3.05, 3.63) is 63.6 Å². The number of carbonyl (C=O) groups excluding carboxylic acids is 1. The molecule has 0 saturated heterocycles. The Labute approximate surface area is 182 Å². The zero-order valence-electron chi connectivity index (χ0n) is 15.8. The van der Waals surface area contributed by atoms with Crippen LogP contribution in [0.1, 0.15) is 24.0 Å². The highest BCUT2D eigenvalue weighted by molar-refractivity contribution is 7.92. The predicted molar refractivity (Wildman–Crippen MR) is 111 cm³/mol. The molecule has 0 aliphatic carbocycles. The number of benzene rings is 2. The van der Waals surface area contributed by atoms with Crippen LogP contribution in [0.25, 0.3) is 0 Å². The van der Waals surface area contributed by atoms with Crippen molar-refractivity contribution in [1.29, 1.82) is 0 Å². The van der Waals surface area contributed by atoms with E-state index in [1.807, 2.05) is 0 Å². The number of amides is 1. The molecule has 0 heterocycles. The molecule has 1 amide bonds. The molecule has 11 heteroatoms. The highest BCUT2D eigenvalue weighted by Crippen LogP contribution is 2.30. The lowest BCUT2D eigenvalue weighted by molar-refractivity contribution is -0.137. The van der Waals surface area contributed by atoms with Crippen molar-refractivity contribution in [3.8, 4) is 0 Å². The van der Waals surface area contributed by atoms with Crippen molar-refractivity contribution in [2.75, 3.05) is 17.1 Å². The number of alkyl halides is 3. The van der Waals surface area contributed by atoms with Gasteiger partial charge in [-0.1, -0.05) is 35.3 Å². The highest BCUT2D eigenvalue weighted by atomic mass is 35.5. The average molecular weight is 483 g/mol. The Hall–Kier alpha value is -1.97. The van der Waals surface area contributed by atoms with E-state index >= 15 is 0 Å². The molecule has 0 atom stereocenters. The summed E-state index contributed by atoms with van der Waals surface area (Å²) in [4.78, 5) is 12.0. The van der Waals surface area contributed by atoms with Gasteiger partial charge in [0.1, 0.15) is 0 Å². The first-order chi connectivity index (χ1) is 13.9. The number of anilines is 1. The molecule has 0 saturated carbocycles. The zero-order chi connectivity index (χ0) is 22.5. The van der Waals surface area contributed by atoms with Gasteiger partial charge in [0, 0.05) is 19.5 Å². The van der Waals surface area contributed by atoms with Crippen molar-refractivity contribution < 1.29 is 26.4 Å². The molecule has 0 aromatic heterocycles. The third-order valence-electron chi connectivity index (χ3n) is 4.10. The monoisotopic (exact) mass is 482 g/mol. The first kappa shape index (κ1) is 24.3. The van der Waals surface area contributed by atoms with Crippen molar-refractivity contribution in [3.63, 3.8) is 0 Å². The Kier molecular flexibility index (Phi) is 8.01. The fraction of sp³-hybridized carbons (Fsp3) is 0.316. The van der Waals surface area contributed by atoms with Crippen LogP contribution in [0, 0.1) is 0 Å². The van der Waals surface area contributed by atoms with Crippen molar-refractivity contribution in [2.24, 2.45) is 0 Å². The number of halogens is 5. The van der Waals surface area contributed by atoms with Crippen LogP contribution in [0.5, 0.6) is 0 Å². The van der Waals surface area contributed by atoms with Crippen LogP contribution in [0.4, 0.5) is 18.9 Å². The molecule has 0 bridgehead atoms. The van der Waals surface area contributed by atoms with E-state index < -0.39 is 27.7 Å². The first-order valence-electron chi connectivity index (χ1n) is 8.73. The smallest absolute Gasteiger partial charge is 0.352 e. The second-order valence-corrected chi connectivity index (χ2v) is 9.23. The van der Waals surface area contributed by atoms with E-state index in [1.54, 1.807) is 0 Å². The van der Waals surface area contributed by atoms with E-state index in [2.05, 4.69) is 5.32 Å². The molecular weight excluding hydrogens is 464 g/mol. The fourth-order valence-electron chi connectivity index (χ4n) is 2.66. The second-order valence-electron chi connectivity index (χ2n) is 6.51. The van der Waals surface area contributed by atoms with E-state index in [1.165, 1.54) is 30.3 Å². The zero-order valence-corrected chi connectivity index (χ0v) is 18.2. The lowest BCUT2D eigenvalue weighted by atomic mass is 10.1. The second kappa shape index (κ2) is 9.89. The van der Waals surface area contributed by atoms with E-state index in [9.17, 15) is 26.4 Å². The summed E-state index contributed by atoms with van der Waals surface area (Å²) in [6, 6.07) is 9.06. The largest absolute Gasteiger partial charge is 0.416 e. The minimum Gasteiger partial charge on any atom is -0.352 e. The lowest BCUT2D eigenvalue weighted by Gasteiger charge is -2.22. The molecule has 0 aliphatic heterocycles.